The quantitative estimate of drug-likeness (QED) is 0.722. The lowest BCUT2D eigenvalue weighted by Crippen LogP contribution is -2.31. The summed E-state index contributed by atoms with van der Waals surface area (Å²) in [4.78, 5) is 14.3. The third-order valence-corrected chi connectivity index (χ3v) is 1.65. The van der Waals surface area contributed by atoms with Crippen LogP contribution < -0.4 is 5.32 Å². The SMILES string of the molecule is C[C@H](O)CNC(=O)c1ccnc(F)c1F. The van der Waals surface area contributed by atoms with E-state index in [1.54, 1.807) is 0 Å². The van der Waals surface area contributed by atoms with Gasteiger partial charge in [0.1, 0.15) is 0 Å². The zero-order chi connectivity index (χ0) is 11.4. The number of pyridine rings is 1. The van der Waals surface area contributed by atoms with Crippen molar-refractivity contribution in [2.24, 2.45) is 0 Å². The van der Waals surface area contributed by atoms with E-state index in [-0.39, 0.29) is 6.54 Å². The predicted octanol–water partition coefficient (Wildman–Crippen LogP) is 0.470. The normalized spacial score (nSPS) is 12.3. The Labute approximate surface area is 84.9 Å². The second kappa shape index (κ2) is 4.79. The van der Waals surface area contributed by atoms with Gasteiger partial charge in [-0.3, -0.25) is 4.79 Å². The zero-order valence-corrected chi connectivity index (χ0v) is 8.00. The van der Waals surface area contributed by atoms with E-state index >= 15 is 0 Å². The molecule has 1 rings (SSSR count). The molecular weight excluding hydrogens is 206 g/mol. The average Bonchev–Trinajstić information content (AvgIpc) is 2.18. The average molecular weight is 216 g/mol. The van der Waals surface area contributed by atoms with Gasteiger partial charge in [0.15, 0.2) is 5.82 Å². The van der Waals surface area contributed by atoms with Gasteiger partial charge in [-0.05, 0) is 13.0 Å². The van der Waals surface area contributed by atoms with E-state index in [4.69, 9.17) is 5.11 Å². The molecule has 0 spiro atoms. The van der Waals surface area contributed by atoms with Gasteiger partial charge in [-0.2, -0.15) is 4.39 Å². The van der Waals surface area contributed by atoms with Crippen LogP contribution in [-0.4, -0.2) is 28.6 Å². The largest absolute Gasteiger partial charge is 0.392 e. The van der Waals surface area contributed by atoms with Crippen molar-refractivity contribution in [2.45, 2.75) is 13.0 Å². The van der Waals surface area contributed by atoms with Crippen LogP contribution in [0.1, 0.15) is 17.3 Å². The molecule has 82 valence electrons. The smallest absolute Gasteiger partial charge is 0.254 e. The molecule has 0 unspecified atom stereocenters. The fourth-order valence-corrected chi connectivity index (χ4v) is 0.929. The van der Waals surface area contributed by atoms with Gasteiger partial charge in [-0.1, -0.05) is 0 Å². The van der Waals surface area contributed by atoms with Crippen LogP contribution in [0, 0.1) is 11.8 Å². The molecule has 0 aromatic carbocycles. The second-order valence-electron chi connectivity index (χ2n) is 3.02. The van der Waals surface area contributed by atoms with Crippen molar-refractivity contribution in [3.8, 4) is 0 Å². The number of hydrogen-bond donors (Lipinski definition) is 2. The summed E-state index contributed by atoms with van der Waals surface area (Å²) < 4.78 is 25.6. The van der Waals surface area contributed by atoms with Gasteiger partial charge in [-0.25, -0.2) is 9.37 Å². The highest BCUT2D eigenvalue weighted by Gasteiger charge is 2.15. The lowest BCUT2D eigenvalue weighted by atomic mass is 10.2. The van der Waals surface area contributed by atoms with Crippen molar-refractivity contribution in [2.75, 3.05) is 6.54 Å². The molecular formula is C9H10F2N2O2. The topological polar surface area (TPSA) is 62.2 Å². The molecule has 0 aliphatic heterocycles. The number of carbonyl (C=O) groups excluding carboxylic acids is 1. The molecule has 0 aliphatic rings. The van der Waals surface area contributed by atoms with E-state index in [9.17, 15) is 13.6 Å². The Balaban J connectivity index is 2.78. The molecule has 1 aromatic heterocycles. The van der Waals surface area contributed by atoms with E-state index in [0.29, 0.717) is 0 Å². The fourth-order valence-electron chi connectivity index (χ4n) is 0.929. The van der Waals surface area contributed by atoms with Crippen molar-refractivity contribution >= 4 is 5.91 Å². The number of nitrogens with zero attached hydrogens (tertiary/aromatic N) is 1. The third-order valence-electron chi connectivity index (χ3n) is 1.65. The molecule has 0 radical (unpaired) electrons. The number of aliphatic hydroxyl groups excluding tert-OH is 1. The van der Waals surface area contributed by atoms with Crippen LogP contribution in [0.2, 0.25) is 0 Å². The minimum Gasteiger partial charge on any atom is -0.392 e. The first-order valence-electron chi connectivity index (χ1n) is 4.28. The van der Waals surface area contributed by atoms with E-state index in [1.807, 2.05) is 0 Å². The van der Waals surface area contributed by atoms with Crippen LogP contribution in [0.5, 0.6) is 0 Å². The molecule has 0 fully saturated rings. The van der Waals surface area contributed by atoms with E-state index in [2.05, 4.69) is 10.3 Å². The maximum atomic E-state index is 13.0. The Morgan fingerprint density at radius 2 is 2.33 bits per heavy atom. The van der Waals surface area contributed by atoms with Crippen molar-refractivity contribution < 1.29 is 18.7 Å². The minimum atomic E-state index is -1.32. The molecule has 15 heavy (non-hydrogen) atoms. The van der Waals surface area contributed by atoms with Crippen molar-refractivity contribution in [3.05, 3.63) is 29.6 Å². The molecule has 0 bridgehead atoms. The summed E-state index contributed by atoms with van der Waals surface area (Å²) in [5.41, 5.74) is -0.428. The summed E-state index contributed by atoms with van der Waals surface area (Å²) in [6.45, 7) is 1.44. The highest BCUT2D eigenvalue weighted by Crippen LogP contribution is 2.08. The van der Waals surface area contributed by atoms with Crippen LogP contribution in [0.15, 0.2) is 12.3 Å². The highest BCUT2D eigenvalue weighted by molar-refractivity contribution is 5.94. The Bertz CT molecular complexity index is 369. The van der Waals surface area contributed by atoms with Crippen molar-refractivity contribution in [3.63, 3.8) is 0 Å². The number of hydrogen-bond acceptors (Lipinski definition) is 3. The molecule has 1 heterocycles. The molecule has 1 amide bonds. The second-order valence-corrected chi connectivity index (χ2v) is 3.02. The first-order chi connectivity index (χ1) is 7.02. The van der Waals surface area contributed by atoms with Gasteiger partial charge in [0.25, 0.3) is 5.91 Å². The number of halogens is 2. The molecule has 4 nitrogen and oxygen atoms in total. The van der Waals surface area contributed by atoms with Gasteiger partial charge in [0.2, 0.25) is 5.95 Å². The monoisotopic (exact) mass is 216 g/mol. The van der Waals surface area contributed by atoms with Crippen molar-refractivity contribution in [1.29, 1.82) is 0 Å². The van der Waals surface area contributed by atoms with Crippen LogP contribution in [-0.2, 0) is 0 Å². The maximum Gasteiger partial charge on any atom is 0.254 e. The molecule has 0 saturated heterocycles. The zero-order valence-electron chi connectivity index (χ0n) is 8.00. The van der Waals surface area contributed by atoms with Crippen LogP contribution in [0.25, 0.3) is 0 Å². The molecule has 1 atom stereocenters. The molecule has 0 aliphatic carbocycles. The Hall–Kier alpha value is -1.56. The first-order valence-corrected chi connectivity index (χ1v) is 4.28. The summed E-state index contributed by atoms with van der Waals surface area (Å²) >= 11 is 0. The number of aliphatic hydroxyl groups is 1. The van der Waals surface area contributed by atoms with Gasteiger partial charge in [0, 0.05) is 12.7 Å². The standard InChI is InChI=1S/C9H10F2N2O2/c1-5(14)4-13-9(15)6-2-3-12-8(11)7(6)10/h2-3,5,14H,4H2,1H3,(H,13,15)/t5-/m0/s1. The lowest BCUT2D eigenvalue weighted by molar-refractivity contribution is 0.0918. The Morgan fingerprint density at radius 1 is 1.67 bits per heavy atom. The van der Waals surface area contributed by atoms with Crippen LogP contribution in [0.3, 0.4) is 0 Å². The summed E-state index contributed by atoms with van der Waals surface area (Å²) in [6.07, 6.45) is 0.249. The fraction of sp³-hybridized carbons (Fsp3) is 0.333. The third kappa shape index (κ3) is 2.95. The van der Waals surface area contributed by atoms with Gasteiger partial charge >= 0.3 is 0 Å². The number of amides is 1. The molecule has 1 aromatic rings. The first kappa shape index (κ1) is 11.5. The van der Waals surface area contributed by atoms with E-state index < -0.39 is 29.3 Å². The molecule has 6 heteroatoms. The van der Waals surface area contributed by atoms with Crippen LogP contribution >= 0.6 is 0 Å². The molecule has 2 N–H and O–H groups in total. The molecule has 0 saturated carbocycles. The van der Waals surface area contributed by atoms with E-state index in [0.717, 1.165) is 12.3 Å². The number of aromatic nitrogens is 1. The lowest BCUT2D eigenvalue weighted by Gasteiger charge is -2.07. The predicted molar refractivity (Wildman–Crippen MR) is 48.2 cm³/mol. The summed E-state index contributed by atoms with van der Waals surface area (Å²) in [6, 6.07) is 1.07. The van der Waals surface area contributed by atoms with Crippen molar-refractivity contribution in [1.82, 2.24) is 10.3 Å². The Kier molecular flexibility index (Phi) is 3.68. The summed E-state index contributed by atoms with van der Waals surface area (Å²) in [5.74, 6) is -3.39. The Morgan fingerprint density at radius 3 is 2.93 bits per heavy atom. The van der Waals surface area contributed by atoms with Crippen LogP contribution in [0.4, 0.5) is 8.78 Å². The number of nitrogens with one attached hydrogen (secondary N) is 1. The summed E-state index contributed by atoms with van der Waals surface area (Å²) in [7, 11) is 0. The highest BCUT2D eigenvalue weighted by atomic mass is 19.2. The number of rotatable bonds is 3. The minimum absolute atomic E-state index is 0.0256. The number of carbonyl (C=O) groups is 1. The maximum absolute atomic E-state index is 13.0. The summed E-state index contributed by atoms with van der Waals surface area (Å²) in [5, 5.41) is 11.1. The van der Waals surface area contributed by atoms with E-state index in [1.165, 1.54) is 6.92 Å². The van der Waals surface area contributed by atoms with Gasteiger partial charge in [-0.15, -0.1) is 0 Å². The van der Waals surface area contributed by atoms with Gasteiger partial charge < -0.3 is 10.4 Å². The van der Waals surface area contributed by atoms with Gasteiger partial charge in [0.05, 0.1) is 11.7 Å².